The Labute approximate surface area is 178 Å². The van der Waals surface area contributed by atoms with Crippen molar-refractivity contribution in [1.82, 2.24) is 4.90 Å². The number of carbonyl (C=O) groups is 2. The van der Waals surface area contributed by atoms with Crippen LogP contribution >= 0.6 is 23.4 Å². The fraction of sp³-hybridized carbons (Fsp3) is 0.238. The third kappa shape index (κ3) is 5.32. The van der Waals surface area contributed by atoms with E-state index in [0.29, 0.717) is 34.6 Å². The second-order valence-corrected chi connectivity index (χ2v) is 7.58. The Morgan fingerprint density at radius 3 is 2.52 bits per heavy atom. The second-order valence-electron chi connectivity index (χ2n) is 6.15. The first kappa shape index (κ1) is 21.2. The van der Waals surface area contributed by atoms with Gasteiger partial charge in [0.05, 0.1) is 25.2 Å². The summed E-state index contributed by atoms with van der Waals surface area (Å²) in [5.41, 5.74) is 1.71. The summed E-state index contributed by atoms with van der Waals surface area (Å²) >= 11 is 6.81. The summed E-state index contributed by atoms with van der Waals surface area (Å²) < 4.78 is 16.2. The van der Waals surface area contributed by atoms with Gasteiger partial charge in [-0.2, -0.15) is 0 Å². The van der Waals surface area contributed by atoms with Crippen molar-refractivity contribution in [3.63, 3.8) is 0 Å². The molecule has 3 rings (SSSR count). The molecule has 2 aromatic carbocycles. The van der Waals surface area contributed by atoms with E-state index in [2.05, 4.69) is 0 Å². The van der Waals surface area contributed by atoms with E-state index in [0.717, 1.165) is 22.9 Å². The summed E-state index contributed by atoms with van der Waals surface area (Å²) in [4.78, 5) is 26.0. The van der Waals surface area contributed by atoms with Crippen LogP contribution in [0.2, 0.25) is 5.02 Å². The van der Waals surface area contributed by atoms with Gasteiger partial charge in [-0.3, -0.25) is 14.5 Å². The number of ether oxygens (including phenoxy) is 3. The van der Waals surface area contributed by atoms with Crippen molar-refractivity contribution in [3.05, 3.63) is 63.5 Å². The maximum absolute atomic E-state index is 12.4. The molecule has 1 saturated heterocycles. The molecule has 0 bridgehead atoms. The highest BCUT2D eigenvalue weighted by molar-refractivity contribution is 8.18. The summed E-state index contributed by atoms with van der Waals surface area (Å²) in [6, 6.07) is 12.7. The van der Waals surface area contributed by atoms with Crippen LogP contribution in [0, 0.1) is 0 Å². The summed E-state index contributed by atoms with van der Waals surface area (Å²) in [7, 11) is 3.07. The molecule has 1 aliphatic rings. The van der Waals surface area contributed by atoms with Crippen molar-refractivity contribution >= 4 is 40.6 Å². The predicted molar refractivity (Wildman–Crippen MR) is 113 cm³/mol. The molecular formula is C21H20ClNO5S. The molecule has 1 fully saturated rings. The number of hydrogen-bond acceptors (Lipinski definition) is 6. The predicted octanol–water partition coefficient (Wildman–Crippen LogP) is 4.61. The van der Waals surface area contributed by atoms with E-state index in [1.54, 1.807) is 37.5 Å². The van der Waals surface area contributed by atoms with Crippen LogP contribution in [0.5, 0.6) is 11.5 Å². The zero-order valence-corrected chi connectivity index (χ0v) is 17.6. The van der Waals surface area contributed by atoms with E-state index in [9.17, 15) is 9.59 Å². The highest BCUT2D eigenvalue weighted by Crippen LogP contribution is 2.34. The number of nitrogens with zero attached hydrogens (tertiary/aromatic N) is 1. The number of hydrogen-bond donors (Lipinski definition) is 0. The number of carbonyl (C=O) groups excluding carboxylic acids is 2. The van der Waals surface area contributed by atoms with E-state index in [-0.39, 0.29) is 17.7 Å². The molecule has 0 unspecified atom stereocenters. The van der Waals surface area contributed by atoms with Crippen molar-refractivity contribution < 1.29 is 23.8 Å². The zero-order valence-electron chi connectivity index (χ0n) is 16.0. The van der Waals surface area contributed by atoms with Gasteiger partial charge in [-0.25, -0.2) is 0 Å². The van der Waals surface area contributed by atoms with Crippen molar-refractivity contribution in [2.45, 2.75) is 6.61 Å². The van der Waals surface area contributed by atoms with Crippen LogP contribution in [0.25, 0.3) is 6.08 Å². The van der Waals surface area contributed by atoms with Gasteiger partial charge in [0.25, 0.3) is 11.1 Å². The van der Waals surface area contributed by atoms with Crippen LogP contribution in [0.3, 0.4) is 0 Å². The Bertz CT molecular complexity index is 929. The summed E-state index contributed by atoms with van der Waals surface area (Å²) in [6.45, 7) is 0.906. The molecule has 1 heterocycles. The zero-order chi connectivity index (χ0) is 20.8. The quantitative estimate of drug-likeness (QED) is 0.566. The lowest BCUT2D eigenvalue weighted by atomic mass is 10.1. The van der Waals surface area contributed by atoms with Gasteiger partial charge in [-0.1, -0.05) is 29.8 Å². The van der Waals surface area contributed by atoms with Crippen LogP contribution in [-0.2, 0) is 16.1 Å². The molecule has 2 aromatic rings. The van der Waals surface area contributed by atoms with Gasteiger partial charge in [0.15, 0.2) is 11.5 Å². The number of imide groups is 1. The van der Waals surface area contributed by atoms with Gasteiger partial charge < -0.3 is 14.2 Å². The number of halogens is 1. The average Bonchev–Trinajstić information content (AvgIpc) is 2.99. The first-order chi connectivity index (χ1) is 14.0. The number of rotatable bonds is 8. The molecule has 0 N–H and O–H groups in total. The maximum Gasteiger partial charge on any atom is 0.293 e. The molecule has 0 aromatic heterocycles. The monoisotopic (exact) mass is 433 g/mol. The molecule has 0 aliphatic carbocycles. The lowest BCUT2D eigenvalue weighted by Gasteiger charge is -2.12. The fourth-order valence-corrected chi connectivity index (χ4v) is 3.65. The van der Waals surface area contributed by atoms with Gasteiger partial charge in [0, 0.05) is 12.1 Å². The van der Waals surface area contributed by atoms with Gasteiger partial charge in [-0.05, 0) is 53.2 Å². The van der Waals surface area contributed by atoms with Crippen molar-refractivity contribution in [2.75, 3.05) is 27.4 Å². The Kier molecular flexibility index (Phi) is 7.19. The molecule has 29 heavy (non-hydrogen) atoms. The Balaban J connectivity index is 1.73. The van der Waals surface area contributed by atoms with E-state index in [1.807, 2.05) is 18.2 Å². The van der Waals surface area contributed by atoms with E-state index >= 15 is 0 Å². The summed E-state index contributed by atoms with van der Waals surface area (Å²) in [5, 5.41) is 0.371. The van der Waals surface area contributed by atoms with Crippen LogP contribution < -0.4 is 9.47 Å². The smallest absolute Gasteiger partial charge is 0.293 e. The van der Waals surface area contributed by atoms with E-state index in [4.69, 9.17) is 25.8 Å². The van der Waals surface area contributed by atoms with Crippen LogP contribution in [-0.4, -0.2) is 43.4 Å². The number of benzene rings is 2. The second kappa shape index (κ2) is 9.82. The number of amides is 2. The minimum absolute atomic E-state index is 0.235. The Morgan fingerprint density at radius 2 is 1.83 bits per heavy atom. The lowest BCUT2D eigenvalue weighted by Crippen LogP contribution is -2.31. The first-order valence-corrected chi connectivity index (χ1v) is 10.0. The summed E-state index contributed by atoms with van der Waals surface area (Å²) in [5.74, 6) is 0.790. The van der Waals surface area contributed by atoms with Crippen molar-refractivity contribution in [3.8, 4) is 11.5 Å². The van der Waals surface area contributed by atoms with Crippen LogP contribution in [0.15, 0.2) is 47.4 Å². The molecule has 0 spiro atoms. The topological polar surface area (TPSA) is 65.1 Å². The molecule has 1 aliphatic heterocycles. The molecule has 152 valence electrons. The fourth-order valence-electron chi connectivity index (χ4n) is 2.66. The third-order valence-corrected chi connectivity index (χ3v) is 5.35. The minimum atomic E-state index is -0.320. The SMILES string of the molecule is COCCN1C(=O)S/C(=C/c2ccc(OCc3ccc(Cl)cc3)c(OC)c2)C1=O. The highest BCUT2D eigenvalue weighted by atomic mass is 35.5. The molecule has 2 amide bonds. The molecule has 8 heteroatoms. The van der Waals surface area contributed by atoms with Crippen LogP contribution in [0.4, 0.5) is 4.79 Å². The molecular weight excluding hydrogens is 414 g/mol. The van der Waals surface area contributed by atoms with Gasteiger partial charge in [0.1, 0.15) is 6.61 Å². The molecule has 0 atom stereocenters. The lowest BCUT2D eigenvalue weighted by molar-refractivity contribution is -0.123. The molecule has 0 saturated carbocycles. The Morgan fingerprint density at radius 1 is 1.07 bits per heavy atom. The van der Waals surface area contributed by atoms with Gasteiger partial charge in [-0.15, -0.1) is 0 Å². The van der Waals surface area contributed by atoms with E-state index in [1.165, 1.54) is 12.0 Å². The van der Waals surface area contributed by atoms with Crippen LogP contribution in [0.1, 0.15) is 11.1 Å². The average molecular weight is 434 g/mol. The van der Waals surface area contributed by atoms with Crippen molar-refractivity contribution in [2.24, 2.45) is 0 Å². The standard InChI is InChI=1S/C21H20ClNO5S/c1-26-10-9-23-20(24)19(29-21(23)25)12-15-5-8-17(18(11-15)27-2)28-13-14-3-6-16(22)7-4-14/h3-8,11-12H,9-10,13H2,1-2H3/b19-12+. The van der Waals surface area contributed by atoms with Crippen molar-refractivity contribution in [1.29, 1.82) is 0 Å². The summed E-state index contributed by atoms with van der Waals surface area (Å²) in [6.07, 6.45) is 1.67. The number of thioether (sulfide) groups is 1. The largest absolute Gasteiger partial charge is 0.493 e. The first-order valence-electron chi connectivity index (χ1n) is 8.81. The van der Waals surface area contributed by atoms with E-state index < -0.39 is 0 Å². The molecule has 0 radical (unpaired) electrons. The highest BCUT2D eigenvalue weighted by Gasteiger charge is 2.34. The normalized spacial score (nSPS) is 15.3. The minimum Gasteiger partial charge on any atom is -0.493 e. The van der Waals surface area contributed by atoms with Gasteiger partial charge >= 0.3 is 0 Å². The number of methoxy groups -OCH3 is 2. The maximum atomic E-state index is 12.4. The van der Waals surface area contributed by atoms with Gasteiger partial charge in [0.2, 0.25) is 0 Å². The Hall–Kier alpha value is -2.48. The third-order valence-electron chi connectivity index (χ3n) is 4.19. The molecule has 6 nitrogen and oxygen atoms in total.